The highest BCUT2D eigenvalue weighted by Gasteiger charge is 2.31. The van der Waals surface area contributed by atoms with Gasteiger partial charge in [-0.05, 0) is 119 Å². The summed E-state index contributed by atoms with van der Waals surface area (Å²) in [6, 6.07) is 25.5. The molecule has 360 valence electrons. The van der Waals surface area contributed by atoms with Crippen LogP contribution < -0.4 is 0 Å². The van der Waals surface area contributed by atoms with Crippen molar-refractivity contribution in [1.82, 2.24) is 40.8 Å². The normalized spacial score (nSPS) is 16.1. The summed E-state index contributed by atoms with van der Waals surface area (Å²) in [5.41, 5.74) is 3.83. The van der Waals surface area contributed by atoms with E-state index in [1.807, 2.05) is 48.5 Å². The van der Waals surface area contributed by atoms with E-state index in [9.17, 15) is 26.3 Å². The van der Waals surface area contributed by atoms with E-state index in [0.29, 0.717) is 42.9 Å². The Hall–Kier alpha value is -5.44. The predicted octanol–water partition coefficient (Wildman–Crippen LogP) is 13.4. The number of hydrogen-bond acceptors (Lipinski definition) is 7. The molecule has 0 bridgehead atoms. The van der Waals surface area contributed by atoms with Gasteiger partial charge in [0, 0.05) is 17.7 Å². The van der Waals surface area contributed by atoms with Gasteiger partial charge in [0.15, 0.2) is 0 Å². The zero-order chi connectivity index (χ0) is 47.7. The Bertz CT molecular complexity index is 2270. The molecular weight excluding hydrogens is 867 g/mol. The number of aromatic amines is 1. The lowest BCUT2D eigenvalue weighted by Crippen LogP contribution is -2.19. The molecule has 4 aromatic carbocycles. The van der Waals surface area contributed by atoms with Crippen molar-refractivity contribution < 1.29 is 31.4 Å². The van der Waals surface area contributed by atoms with E-state index < -0.39 is 23.5 Å². The first-order valence-electron chi connectivity index (χ1n) is 23.9. The van der Waals surface area contributed by atoms with Crippen molar-refractivity contribution in [2.75, 3.05) is 6.61 Å². The van der Waals surface area contributed by atoms with Crippen LogP contribution in [0.4, 0.5) is 26.3 Å². The first-order valence-corrected chi connectivity index (χ1v) is 23.9. The predicted molar refractivity (Wildman–Crippen MR) is 248 cm³/mol. The van der Waals surface area contributed by atoms with Gasteiger partial charge in [-0.1, -0.05) is 151 Å². The lowest BCUT2D eigenvalue weighted by molar-refractivity contribution is -0.138. The fraction of sp³-hybridized carbons (Fsp3) is 0.500. The summed E-state index contributed by atoms with van der Waals surface area (Å²) in [4.78, 5) is 1.65. The second-order valence-electron chi connectivity index (χ2n) is 18.1. The molecule has 0 saturated heterocycles. The van der Waals surface area contributed by atoms with Crippen LogP contribution in [0.1, 0.15) is 137 Å². The summed E-state index contributed by atoms with van der Waals surface area (Å²) in [6.45, 7) is 5.77. The minimum Gasteiger partial charge on any atom is -0.396 e. The molecule has 9 nitrogen and oxygen atoms in total. The summed E-state index contributed by atoms with van der Waals surface area (Å²) in [7, 11) is 0. The summed E-state index contributed by atoms with van der Waals surface area (Å²) >= 11 is 0. The molecule has 0 spiro atoms. The van der Waals surface area contributed by atoms with Crippen LogP contribution in [-0.2, 0) is 31.7 Å². The van der Waals surface area contributed by atoms with Gasteiger partial charge < -0.3 is 5.11 Å². The third-order valence-corrected chi connectivity index (χ3v) is 13.4. The Morgan fingerprint density at radius 2 is 0.985 bits per heavy atom. The number of tetrazole rings is 2. The molecule has 4 aliphatic rings. The number of nitrogens with one attached hydrogen (secondary N) is 1. The molecule has 4 saturated carbocycles. The highest BCUT2D eigenvalue weighted by atomic mass is 19.4. The van der Waals surface area contributed by atoms with Gasteiger partial charge in [-0.3, -0.25) is 0 Å². The lowest BCUT2D eigenvalue weighted by atomic mass is 9.84. The molecule has 0 radical (unpaired) electrons. The average Bonchev–Trinajstić information content (AvgIpc) is 3.96. The molecule has 4 aliphatic carbocycles. The number of H-pyrrole nitrogens is 1. The smallest absolute Gasteiger partial charge is 0.396 e. The molecule has 2 N–H and O–H groups in total. The van der Waals surface area contributed by atoms with Crippen LogP contribution in [0.3, 0.4) is 0 Å². The number of alkyl halides is 6. The molecule has 0 aliphatic heterocycles. The molecule has 0 amide bonds. The number of benzene rings is 4. The summed E-state index contributed by atoms with van der Waals surface area (Å²) in [5, 5.41) is 35.0. The number of aliphatic hydroxyl groups excluding tert-OH is 1. The number of rotatable bonds is 11. The summed E-state index contributed by atoms with van der Waals surface area (Å²) in [6.07, 6.45) is 11.8. The maximum atomic E-state index is 12.7. The number of aromatic nitrogens is 8. The largest absolute Gasteiger partial charge is 0.416 e. The van der Waals surface area contributed by atoms with Gasteiger partial charge >= 0.3 is 12.4 Å². The van der Waals surface area contributed by atoms with Crippen LogP contribution >= 0.6 is 0 Å². The molecule has 0 atom stereocenters. The molecule has 15 heteroatoms. The average molecular weight is 931 g/mol. The van der Waals surface area contributed by atoms with E-state index in [1.54, 1.807) is 4.80 Å². The van der Waals surface area contributed by atoms with E-state index in [-0.39, 0.29) is 0 Å². The van der Waals surface area contributed by atoms with Gasteiger partial charge in [0.25, 0.3) is 0 Å². The van der Waals surface area contributed by atoms with E-state index in [4.69, 9.17) is 5.11 Å². The zero-order valence-corrected chi connectivity index (χ0v) is 38.6. The van der Waals surface area contributed by atoms with Crippen molar-refractivity contribution in [3.05, 3.63) is 130 Å². The van der Waals surface area contributed by atoms with Crippen molar-refractivity contribution in [2.24, 2.45) is 23.7 Å². The van der Waals surface area contributed by atoms with Crippen molar-refractivity contribution in [3.63, 3.8) is 0 Å². The Labute approximate surface area is 390 Å². The molecule has 2 aromatic heterocycles. The Morgan fingerprint density at radius 3 is 1.31 bits per heavy atom. The maximum absolute atomic E-state index is 12.7. The summed E-state index contributed by atoms with van der Waals surface area (Å²) < 4.78 is 75.9. The number of halogens is 6. The molecular formula is C52H64F6N8O. The van der Waals surface area contributed by atoms with Crippen LogP contribution in [0.25, 0.3) is 22.8 Å². The van der Waals surface area contributed by atoms with E-state index in [2.05, 4.69) is 49.9 Å². The van der Waals surface area contributed by atoms with Crippen LogP contribution in [0.5, 0.6) is 0 Å². The fourth-order valence-electron chi connectivity index (χ4n) is 7.94. The third-order valence-electron chi connectivity index (χ3n) is 13.4. The van der Waals surface area contributed by atoms with Crippen LogP contribution in [0.2, 0.25) is 0 Å². The first kappa shape index (κ1) is 51.0. The molecule has 4 fully saturated rings. The second kappa shape index (κ2) is 25.1. The topological polar surface area (TPSA) is 118 Å². The van der Waals surface area contributed by atoms with Gasteiger partial charge in [-0.15, -0.1) is 20.4 Å². The van der Waals surface area contributed by atoms with Gasteiger partial charge in [0.05, 0.1) is 17.7 Å². The zero-order valence-electron chi connectivity index (χ0n) is 38.6. The molecule has 67 heavy (non-hydrogen) atoms. The highest BCUT2D eigenvalue weighted by molar-refractivity contribution is 5.61. The standard InChI is InChI=1S/C20H19F3N4.C15H11F3N4.2C6H12.C5H10O/c21-20(22,23)17-10-8-14(9-11-17)12-16-6-1-2-7-18(16)19-24-26-27(25-19)13-15-4-3-5-15;16-15(17,18)12-7-5-10(6-8-12)9-11-3-1-2-4-13(11)14-19-21-22-20-14;2*1-2-6-4-3-5-6;6-4-5-2-1-3-5/h1-2,6-11,15H,3-5,12-13H2;1-8H,9H2,(H,19,20,21,22);2*6H,2-5H2,1H3;5-6H,1-4H2. The van der Waals surface area contributed by atoms with Crippen molar-refractivity contribution in [3.8, 4) is 22.8 Å². The van der Waals surface area contributed by atoms with Crippen molar-refractivity contribution >= 4 is 0 Å². The number of aliphatic hydroxyl groups is 1. The van der Waals surface area contributed by atoms with Crippen molar-refractivity contribution in [1.29, 1.82) is 0 Å². The Kier molecular flexibility index (Phi) is 19.1. The van der Waals surface area contributed by atoms with Crippen LogP contribution in [-0.4, -0.2) is 52.5 Å². The summed E-state index contributed by atoms with van der Waals surface area (Å²) in [5.74, 6) is 4.55. The van der Waals surface area contributed by atoms with E-state index in [1.165, 1.54) is 114 Å². The van der Waals surface area contributed by atoms with Gasteiger partial charge in [-0.2, -0.15) is 36.4 Å². The lowest BCUT2D eigenvalue weighted by Gasteiger charge is -2.23. The van der Waals surface area contributed by atoms with E-state index in [0.717, 1.165) is 76.0 Å². The molecule has 0 unspecified atom stereocenters. The number of nitrogens with zero attached hydrogens (tertiary/aromatic N) is 7. The Morgan fingerprint density at radius 1 is 0.552 bits per heavy atom. The van der Waals surface area contributed by atoms with Gasteiger partial charge in [0.1, 0.15) is 0 Å². The molecule has 2 heterocycles. The number of hydrogen-bond donors (Lipinski definition) is 2. The SMILES string of the molecule is CCC1CCC1.CCC1CCC1.FC(F)(F)c1ccc(Cc2ccccc2-c2nn[nH]n2)cc1.FC(F)(F)c1ccc(Cc2ccccc2-c2nnn(CC3CCC3)n2)cc1.OCC1CCC1. The maximum Gasteiger partial charge on any atom is 0.416 e. The molecule has 10 rings (SSSR count). The van der Waals surface area contributed by atoms with Gasteiger partial charge in [-0.25, -0.2) is 0 Å². The monoisotopic (exact) mass is 931 g/mol. The third kappa shape index (κ3) is 15.8. The minimum absolute atomic E-state index is 0.417. The quantitative estimate of drug-likeness (QED) is 0.124. The fourth-order valence-corrected chi connectivity index (χ4v) is 7.94. The Balaban J connectivity index is 0.000000162. The van der Waals surface area contributed by atoms with Crippen molar-refractivity contribution in [2.45, 2.75) is 135 Å². The second-order valence-corrected chi connectivity index (χ2v) is 18.1. The van der Waals surface area contributed by atoms with Crippen LogP contribution in [0.15, 0.2) is 97.1 Å². The first-order chi connectivity index (χ1) is 32.3. The highest BCUT2D eigenvalue weighted by Crippen LogP contribution is 2.33. The molecule has 6 aromatic rings. The van der Waals surface area contributed by atoms with Crippen LogP contribution in [0, 0.1) is 23.7 Å². The van der Waals surface area contributed by atoms with Gasteiger partial charge in [0.2, 0.25) is 11.6 Å². The van der Waals surface area contributed by atoms with E-state index >= 15 is 0 Å². The minimum atomic E-state index is -4.32.